The number of carbonyl (C=O) groups excluding carboxylic acids is 2. The minimum absolute atomic E-state index is 0.0775. The van der Waals surface area contributed by atoms with Crippen molar-refractivity contribution in [1.29, 1.82) is 0 Å². The summed E-state index contributed by atoms with van der Waals surface area (Å²) >= 11 is 0. The lowest BCUT2D eigenvalue weighted by Gasteiger charge is -2.08. The molecule has 0 amide bonds. The molecular formula is C14H20N2O5. The molecular weight excluding hydrogens is 276 g/mol. The quantitative estimate of drug-likeness (QED) is 0.331. The zero-order chi connectivity index (χ0) is 15.8. The topological polar surface area (TPSA) is 136 Å². The van der Waals surface area contributed by atoms with E-state index in [9.17, 15) is 19.8 Å². The average molecular weight is 296 g/mol. The van der Waals surface area contributed by atoms with Gasteiger partial charge in [0.15, 0.2) is 0 Å². The number of nitrogens with two attached hydrogens (primary N) is 2. The van der Waals surface area contributed by atoms with Crippen molar-refractivity contribution in [3.8, 4) is 11.5 Å². The van der Waals surface area contributed by atoms with E-state index >= 15 is 0 Å². The summed E-state index contributed by atoms with van der Waals surface area (Å²) in [5.74, 6) is -2.75. The van der Waals surface area contributed by atoms with Gasteiger partial charge >= 0.3 is 11.9 Å². The fraction of sp³-hybridized carbons (Fsp3) is 0.429. The van der Waals surface area contributed by atoms with Crippen LogP contribution in [0.2, 0.25) is 0 Å². The molecule has 0 fully saturated rings. The molecule has 0 spiro atoms. The summed E-state index contributed by atoms with van der Waals surface area (Å²) < 4.78 is 4.59. The number of phenols is 2. The van der Waals surface area contributed by atoms with Crippen LogP contribution in [0, 0.1) is 0 Å². The number of esters is 2. The monoisotopic (exact) mass is 296 g/mol. The number of phenolic OH excluding ortho intramolecular Hbond substituents is 2. The Morgan fingerprint density at radius 2 is 1.67 bits per heavy atom. The number of hydrogen-bond acceptors (Lipinski definition) is 7. The molecule has 0 bridgehead atoms. The van der Waals surface area contributed by atoms with E-state index in [-0.39, 0.29) is 13.0 Å². The highest BCUT2D eigenvalue weighted by Crippen LogP contribution is 2.29. The van der Waals surface area contributed by atoms with E-state index in [0.29, 0.717) is 18.5 Å². The molecule has 0 unspecified atom stereocenters. The SMILES string of the molecule is NCCCCCC(=O)OC(=O)c1c(O)cc(CN)cc1O. The summed E-state index contributed by atoms with van der Waals surface area (Å²) in [6.07, 6.45) is 2.20. The first-order valence-electron chi connectivity index (χ1n) is 6.69. The molecule has 0 aliphatic carbocycles. The van der Waals surface area contributed by atoms with Crippen molar-refractivity contribution in [1.82, 2.24) is 0 Å². The van der Waals surface area contributed by atoms with Crippen molar-refractivity contribution in [3.05, 3.63) is 23.3 Å². The molecule has 1 aromatic rings. The van der Waals surface area contributed by atoms with Gasteiger partial charge in [0.1, 0.15) is 17.1 Å². The number of unbranched alkanes of at least 4 members (excludes halogenated alkanes) is 2. The summed E-state index contributed by atoms with van der Waals surface area (Å²) in [7, 11) is 0. The van der Waals surface area contributed by atoms with Crippen LogP contribution in [-0.2, 0) is 16.1 Å². The van der Waals surface area contributed by atoms with Gasteiger partial charge in [0.25, 0.3) is 0 Å². The predicted octanol–water partition coefficient (Wildman–Crippen LogP) is 0.759. The lowest BCUT2D eigenvalue weighted by atomic mass is 10.1. The highest BCUT2D eigenvalue weighted by atomic mass is 16.6. The Kier molecular flexibility index (Phi) is 6.64. The molecule has 0 aliphatic heterocycles. The normalized spacial score (nSPS) is 10.4. The Hall–Kier alpha value is -2.12. The lowest BCUT2D eigenvalue weighted by molar-refractivity contribution is -0.138. The van der Waals surface area contributed by atoms with Crippen molar-refractivity contribution < 1.29 is 24.5 Å². The van der Waals surface area contributed by atoms with Crippen LogP contribution >= 0.6 is 0 Å². The Balaban J connectivity index is 2.65. The molecule has 0 aliphatic rings. The molecule has 0 atom stereocenters. The molecule has 0 radical (unpaired) electrons. The molecule has 21 heavy (non-hydrogen) atoms. The van der Waals surface area contributed by atoms with Crippen LogP contribution in [-0.4, -0.2) is 28.7 Å². The fourth-order valence-electron chi connectivity index (χ4n) is 1.79. The second-order valence-corrected chi connectivity index (χ2v) is 4.57. The molecule has 1 rings (SSSR count). The summed E-state index contributed by atoms with van der Waals surface area (Å²) in [5.41, 5.74) is 10.7. The van der Waals surface area contributed by atoms with E-state index in [2.05, 4.69) is 4.74 Å². The third kappa shape index (κ3) is 5.05. The van der Waals surface area contributed by atoms with E-state index in [0.717, 1.165) is 12.8 Å². The van der Waals surface area contributed by atoms with Crippen molar-refractivity contribution in [2.75, 3.05) is 6.54 Å². The molecule has 1 aromatic carbocycles. The van der Waals surface area contributed by atoms with Gasteiger partial charge in [-0.2, -0.15) is 0 Å². The smallest absolute Gasteiger partial charge is 0.353 e. The van der Waals surface area contributed by atoms with Gasteiger partial charge in [-0.15, -0.1) is 0 Å². The molecule has 7 nitrogen and oxygen atoms in total. The number of benzene rings is 1. The highest BCUT2D eigenvalue weighted by Gasteiger charge is 2.21. The zero-order valence-corrected chi connectivity index (χ0v) is 11.7. The van der Waals surface area contributed by atoms with Crippen molar-refractivity contribution in [2.24, 2.45) is 11.5 Å². The van der Waals surface area contributed by atoms with Gasteiger partial charge in [-0.05, 0) is 37.1 Å². The van der Waals surface area contributed by atoms with Crippen molar-refractivity contribution in [2.45, 2.75) is 32.2 Å². The van der Waals surface area contributed by atoms with E-state index < -0.39 is 29.0 Å². The Labute approximate surface area is 122 Å². The zero-order valence-electron chi connectivity index (χ0n) is 11.7. The van der Waals surface area contributed by atoms with Crippen LogP contribution in [0.15, 0.2) is 12.1 Å². The minimum Gasteiger partial charge on any atom is -0.507 e. The highest BCUT2D eigenvalue weighted by molar-refractivity contribution is 6.01. The van der Waals surface area contributed by atoms with E-state index in [1.54, 1.807) is 0 Å². The molecule has 7 heteroatoms. The van der Waals surface area contributed by atoms with Gasteiger partial charge in [-0.3, -0.25) is 4.79 Å². The maximum absolute atomic E-state index is 11.8. The van der Waals surface area contributed by atoms with Crippen LogP contribution in [0.3, 0.4) is 0 Å². The number of rotatable bonds is 7. The first-order valence-corrected chi connectivity index (χ1v) is 6.69. The van der Waals surface area contributed by atoms with E-state index in [1.165, 1.54) is 12.1 Å². The van der Waals surface area contributed by atoms with Gasteiger partial charge in [0, 0.05) is 13.0 Å². The Morgan fingerprint density at radius 3 is 2.19 bits per heavy atom. The molecule has 0 aromatic heterocycles. The van der Waals surface area contributed by atoms with Crippen LogP contribution in [0.1, 0.15) is 41.6 Å². The standard InChI is InChI=1S/C14H20N2O5/c15-5-3-1-2-4-12(19)21-14(20)13-10(17)6-9(8-16)7-11(13)18/h6-7,17-18H,1-5,8,15-16H2. The van der Waals surface area contributed by atoms with Crippen LogP contribution in [0.4, 0.5) is 0 Å². The van der Waals surface area contributed by atoms with Crippen LogP contribution in [0.5, 0.6) is 11.5 Å². The average Bonchev–Trinajstić information content (AvgIpc) is 2.42. The number of hydrogen-bond donors (Lipinski definition) is 4. The first-order chi connectivity index (χ1) is 9.99. The second kappa shape index (κ2) is 8.23. The molecule has 116 valence electrons. The predicted molar refractivity (Wildman–Crippen MR) is 75.6 cm³/mol. The van der Waals surface area contributed by atoms with Gasteiger partial charge in [-0.25, -0.2) is 4.79 Å². The summed E-state index contributed by atoms with van der Waals surface area (Å²) in [6.45, 7) is 0.639. The van der Waals surface area contributed by atoms with Gasteiger partial charge in [0.05, 0.1) is 0 Å². The number of ether oxygens (including phenoxy) is 1. The molecule has 6 N–H and O–H groups in total. The van der Waals surface area contributed by atoms with Crippen molar-refractivity contribution >= 4 is 11.9 Å². The third-order valence-corrected chi connectivity index (χ3v) is 2.89. The van der Waals surface area contributed by atoms with Crippen molar-refractivity contribution in [3.63, 3.8) is 0 Å². The fourth-order valence-corrected chi connectivity index (χ4v) is 1.79. The Bertz CT molecular complexity index is 493. The first kappa shape index (κ1) is 16.9. The molecule has 0 saturated carbocycles. The number of aromatic hydroxyl groups is 2. The largest absolute Gasteiger partial charge is 0.507 e. The minimum atomic E-state index is -1.09. The van der Waals surface area contributed by atoms with Gasteiger partial charge in [0.2, 0.25) is 0 Å². The summed E-state index contributed by atoms with van der Waals surface area (Å²) in [6, 6.07) is 2.48. The van der Waals surface area contributed by atoms with E-state index in [1.807, 2.05) is 0 Å². The molecule has 0 heterocycles. The van der Waals surface area contributed by atoms with E-state index in [4.69, 9.17) is 11.5 Å². The van der Waals surface area contributed by atoms with Crippen LogP contribution < -0.4 is 11.5 Å². The summed E-state index contributed by atoms with van der Waals surface area (Å²) in [5, 5.41) is 19.4. The van der Waals surface area contributed by atoms with Gasteiger partial charge in [-0.1, -0.05) is 6.42 Å². The lowest BCUT2D eigenvalue weighted by Crippen LogP contribution is -2.13. The third-order valence-electron chi connectivity index (χ3n) is 2.89. The maximum atomic E-state index is 11.8. The van der Waals surface area contributed by atoms with Gasteiger partial charge < -0.3 is 26.4 Å². The van der Waals surface area contributed by atoms with Crippen LogP contribution in [0.25, 0.3) is 0 Å². The summed E-state index contributed by atoms with van der Waals surface area (Å²) in [4.78, 5) is 23.2. The maximum Gasteiger partial charge on any atom is 0.353 e. The Morgan fingerprint density at radius 1 is 1.05 bits per heavy atom. The number of carbonyl (C=O) groups is 2. The second-order valence-electron chi connectivity index (χ2n) is 4.57. The molecule has 0 saturated heterocycles.